The van der Waals surface area contributed by atoms with Gasteiger partial charge in [-0.1, -0.05) is 139 Å². The zero-order valence-corrected chi connectivity index (χ0v) is 23.2. The smallest absolute Gasteiger partial charge is 0.143 e. The summed E-state index contributed by atoms with van der Waals surface area (Å²) in [4.78, 5) is 0.596. The topological polar surface area (TPSA) is 16.4 Å². The summed E-state index contributed by atoms with van der Waals surface area (Å²) in [6, 6.07) is -13.8. The maximum atomic E-state index is 9.90. The van der Waals surface area contributed by atoms with Crippen LogP contribution in [0.3, 0.4) is 0 Å². The van der Waals surface area contributed by atoms with Crippen molar-refractivity contribution >= 4 is 60.5 Å². The molecule has 1 heterocycles. The molecule has 0 N–H and O–H groups in total. The molecule has 0 saturated carbocycles. The number of hydrogen-bond donors (Lipinski definition) is 0. The van der Waals surface area contributed by atoms with E-state index < -0.39 is 206 Å². The number of anilines is 3. The summed E-state index contributed by atoms with van der Waals surface area (Å²) >= 11 is 0. The van der Waals surface area contributed by atoms with Crippen LogP contribution < -0.4 is 4.90 Å². The largest absolute Gasteiger partial charge is 0.455 e. The molecule has 2 heteroatoms. The fourth-order valence-corrected chi connectivity index (χ4v) is 5.32. The van der Waals surface area contributed by atoms with Gasteiger partial charge in [0, 0.05) is 21.8 Å². The maximum absolute atomic E-state index is 9.90. The van der Waals surface area contributed by atoms with Crippen molar-refractivity contribution in [2.45, 2.75) is 0 Å². The quantitative estimate of drug-likeness (QED) is 0.192. The van der Waals surface area contributed by atoms with Crippen molar-refractivity contribution in [2.24, 2.45) is 0 Å². The third kappa shape index (κ3) is 4.27. The Morgan fingerprint density at radius 2 is 1.13 bits per heavy atom. The third-order valence-electron chi connectivity index (χ3n) is 7.30. The summed E-state index contributed by atoms with van der Waals surface area (Å²) < 4.78 is 222. The molecule has 0 bridgehead atoms. The third-order valence-corrected chi connectivity index (χ3v) is 7.30. The van der Waals surface area contributed by atoms with E-state index in [0.717, 1.165) is 0 Å². The molecule has 0 unspecified atom stereocenters. The molecular formula is C44H29NO. The van der Waals surface area contributed by atoms with Crippen molar-refractivity contribution in [1.82, 2.24) is 0 Å². The minimum Gasteiger partial charge on any atom is -0.455 e. The predicted molar refractivity (Wildman–Crippen MR) is 194 cm³/mol. The van der Waals surface area contributed by atoms with Gasteiger partial charge in [0.2, 0.25) is 0 Å². The summed E-state index contributed by atoms with van der Waals surface area (Å²) in [6.07, 6.45) is 0. The monoisotopic (exact) mass is 611 g/mol. The van der Waals surface area contributed by atoms with Gasteiger partial charge in [-0.2, -0.15) is 0 Å². The minimum absolute atomic E-state index is 0.122. The molecule has 0 amide bonds. The molecule has 2 nitrogen and oxygen atoms in total. The Balaban J connectivity index is 1.61. The first-order valence-corrected chi connectivity index (χ1v) is 13.7. The average Bonchev–Trinajstić information content (AvgIpc) is 3.74. The summed E-state index contributed by atoms with van der Waals surface area (Å²) in [6.45, 7) is 0. The van der Waals surface area contributed by atoms with Crippen LogP contribution >= 0.6 is 0 Å². The number of benzene rings is 8. The van der Waals surface area contributed by atoms with E-state index in [1.807, 2.05) is 0 Å². The molecule has 9 aromatic rings. The van der Waals surface area contributed by atoms with Crippen LogP contribution in [0.4, 0.5) is 17.1 Å². The van der Waals surface area contributed by atoms with Crippen molar-refractivity contribution in [3.8, 4) is 22.3 Å². The van der Waals surface area contributed by atoms with Crippen molar-refractivity contribution in [2.75, 3.05) is 4.90 Å². The van der Waals surface area contributed by atoms with E-state index in [2.05, 4.69) is 0 Å². The Kier molecular flexibility index (Phi) is 2.74. The molecule has 0 saturated heterocycles. The highest BCUT2D eigenvalue weighted by molar-refractivity contribution is 6.23. The lowest BCUT2D eigenvalue weighted by Gasteiger charge is -2.27. The van der Waals surface area contributed by atoms with Crippen LogP contribution in [-0.2, 0) is 0 Å². The molecule has 216 valence electrons. The summed E-state index contributed by atoms with van der Waals surface area (Å²) in [5.41, 5.74) is -5.31. The lowest BCUT2D eigenvalue weighted by Crippen LogP contribution is -2.10. The molecule has 9 rings (SSSR count). The van der Waals surface area contributed by atoms with Gasteiger partial charge >= 0.3 is 0 Å². The number of hydrogen-bond acceptors (Lipinski definition) is 2. The van der Waals surface area contributed by atoms with Gasteiger partial charge in [0.15, 0.2) is 0 Å². The Morgan fingerprint density at radius 1 is 0.478 bits per heavy atom. The van der Waals surface area contributed by atoms with E-state index in [1.54, 1.807) is 18.2 Å². The molecule has 0 aliphatic rings. The van der Waals surface area contributed by atoms with Gasteiger partial charge in [0.05, 0.1) is 49.7 Å². The number of furan rings is 1. The van der Waals surface area contributed by atoms with Crippen molar-refractivity contribution in [3.05, 3.63) is 175 Å². The number of fused-ring (bicyclic) bond motifs is 6. The fraction of sp³-hybridized carbons (Fsp3) is 0. The highest BCUT2D eigenvalue weighted by Gasteiger charge is 2.22. The van der Waals surface area contributed by atoms with Crippen molar-refractivity contribution in [3.63, 3.8) is 0 Å². The van der Waals surface area contributed by atoms with Gasteiger partial charge in [-0.3, -0.25) is 0 Å². The molecule has 0 fully saturated rings. The van der Waals surface area contributed by atoms with E-state index in [0.29, 0.717) is 4.90 Å². The SMILES string of the molecule is [2H]c1c([2H])c([2H])c(-c2c([2H])c([2H])c(N(c3c([2H])c([2H])c([2H])c4c([2H])c([2H])c([2H])c([2H])c34)c3c([2H])c([2H])c([2H])c4oc5c6c([2H])c([2H])c([2H])c([2H])c6c(-c6ccccc6)c([2H])c5c34)c([2H])c2[2H])c([2H])c1[2H]. The standard InChI is InChI=1S/C44H29NO/c1-3-13-30(14-4-1)31-25-27-34(28-26-31)45(40-22-11-18-32-17-7-8-19-35(32)40)41-23-12-24-42-43(41)39-29-38(33-15-5-2-6-16-33)36-20-9-10-21-37(36)44(39)46-42/h1-29H/i1D,3D,4D,7D,8D,9D,10D,11D,12D,13D,14D,17D,18D,19D,20D,21D,22D,23D,24D,25D,26D,27D,28D,29D. The second-order valence-corrected chi connectivity index (χ2v) is 9.88. The Morgan fingerprint density at radius 3 is 1.96 bits per heavy atom. The molecule has 0 aliphatic carbocycles. The van der Waals surface area contributed by atoms with Crippen LogP contribution in [0.15, 0.2) is 180 Å². The van der Waals surface area contributed by atoms with E-state index in [1.165, 1.54) is 12.1 Å². The molecular weight excluding hydrogens is 558 g/mol. The van der Waals surface area contributed by atoms with Crippen LogP contribution in [0.2, 0.25) is 0 Å². The van der Waals surface area contributed by atoms with Crippen LogP contribution in [0.5, 0.6) is 0 Å². The van der Waals surface area contributed by atoms with Gasteiger partial charge in [0.25, 0.3) is 0 Å². The summed E-state index contributed by atoms with van der Waals surface area (Å²) in [5.74, 6) is 0. The van der Waals surface area contributed by atoms with E-state index in [9.17, 15) is 11.0 Å². The van der Waals surface area contributed by atoms with Crippen LogP contribution in [0.1, 0.15) is 32.9 Å². The lowest BCUT2D eigenvalue weighted by atomic mass is 9.95. The van der Waals surface area contributed by atoms with Gasteiger partial charge in [0.1, 0.15) is 11.2 Å². The van der Waals surface area contributed by atoms with Crippen LogP contribution in [0, 0.1) is 0 Å². The van der Waals surface area contributed by atoms with Crippen molar-refractivity contribution in [1.29, 1.82) is 0 Å². The van der Waals surface area contributed by atoms with Gasteiger partial charge in [-0.25, -0.2) is 0 Å². The van der Waals surface area contributed by atoms with E-state index in [-0.39, 0.29) is 21.9 Å². The van der Waals surface area contributed by atoms with Gasteiger partial charge in [-0.05, 0) is 69.3 Å². The predicted octanol–water partition coefficient (Wildman–Crippen LogP) is 12.7. The zero-order valence-electron chi connectivity index (χ0n) is 47.2. The first kappa shape index (κ1) is 11.7. The maximum Gasteiger partial charge on any atom is 0.143 e. The fourth-order valence-electron chi connectivity index (χ4n) is 5.32. The molecule has 0 radical (unpaired) electrons. The first-order chi connectivity index (χ1) is 32.8. The second-order valence-electron chi connectivity index (χ2n) is 9.88. The molecule has 1 aromatic heterocycles. The van der Waals surface area contributed by atoms with Crippen molar-refractivity contribution < 1.29 is 37.3 Å². The van der Waals surface area contributed by atoms with Gasteiger partial charge < -0.3 is 9.32 Å². The highest BCUT2D eigenvalue weighted by atomic mass is 16.3. The Bertz CT molecular complexity index is 3820. The molecule has 8 aromatic carbocycles. The molecule has 0 aliphatic heterocycles. The summed E-state index contributed by atoms with van der Waals surface area (Å²) in [5, 5.41) is -2.92. The Labute approximate surface area is 301 Å². The normalized spacial score (nSPS) is 18.8. The molecule has 46 heavy (non-hydrogen) atoms. The van der Waals surface area contributed by atoms with Gasteiger partial charge in [-0.15, -0.1) is 0 Å². The summed E-state index contributed by atoms with van der Waals surface area (Å²) in [7, 11) is 0. The van der Waals surface area contributed by atoms with E-state index in [4.69, 9.17) is 26.3 Å². The highest BCUT2D eigenvalue weighted by Crippen LogP contribution is 2.47. The average molecular weight is 612 g/mol. The number of nitrogens with zero attached hydrogens (tertiary/aromatic N) is 1. The minimum atomic E-state index is -1.14. The van der Waals surface area contributed by atoms with E-state index >= 15 is 0 Å². The first-order valence-electron chi connectivity index (χ1n) is 25.7. The number of rotatable bonds is 5. The lowest BCUT2D eigenvalue weighted by molar-refractivity contribution is 0.672. The van der Waals surface area contributed by atoms with Crippen LogP contribution in [-0.4, -0.2) is 0 Å². The molecule has 0 spiro atoms. The Hall–Kier alpha value is -6.12. The second kappa shape index (κ2) is 10.8. The van der Waals surface area contributed by atoms with Crippen LogP contribution in [0.25, 0.3) is 65.7 Å². The molecule has 0 atom stereocenters. The zero-order chi connectivity index (χ0) is 51.3.